The Hall–Kier alpha value is -2.15. The normalized spacial score (nSPS) is 31.5. The fourth-order valence-corrected chi connectivity index (χ4v) is 5.76. The molecule has 0 aliphatic heterocycles. The molecule has 0 unspecified atom stereocenters. The lowest BCUT2D eigenvalue weighted by atomic mass is 9.49. The number of halogens is 1. The van der Waals surface area contributed by atoms with Gasteiger partial charge < -0.3 is 0 Å². The molecule has 4 bridgehead atoms. The number of nitro benzene ring substituents is 1. The van der Waals surface area contributed by atoms with Gasteiger partial charge in [0.1, 0.15) is 0 Å². The topological polar surface area (TPSA) is 101 Å². The van der Waals surface area contributed by atoms with E-state index >= 15 is 0 Å². The van der Waals surface area contributed by atoms with Gasteiger partial charge in [0.25, 0.3) is 11.6 Å². The fraction of sp³-hybridized carbons (Fsp3) is 0.556. The predicted octanol–water partition coefficient (Wildman–Crippen LogP) is 3.23. The maximum Gasteiger partial charge on any atom is 0.271 e. The lowest BCUT2D eigenvalue weighted by molar-refractivity contribution is -0.384. The van der Waals surface area contributed by atoms with Crippen LogP contribution in [0.5, 0.6) is 0 Å². The summed E-state index contributed by atoms with van der Waals surface area (Å²) in [6, 6.07) is 3.62. The van der Waals surface area contributed by atoms with Crippen molar-refractivity contribution in [3.63, 3.8) is 0 Å². The second-order valence-corrected chi connectivity index (χ2v) is 8.43. The number of non-ortho nitro benzene ring substituents is 1. The first-order valence-electron chi connectivity index (χ1n) is 8.91. The standard InChI is InChI=1S/C18H20ClN3O4/c19-15-6-13(22(25)26)1-2-14(15)16(23)20-21-17(24)18-7-10-3-11(8-18)5-12(4-10)9-18/h1-2,6,10-12H,3-5,7-9H2,(H,20,23)(H,21,24). The van der Waals surface area contributed by atoms with Crippen molar-refractivity contribution >= 4 is 29.1 Å². The molecule has 5 rings (SSSR count). The highest BCUT2D eigenvalue weighted by Gasteiger charge is 2.54. The smallest absolute Gasteiger partial charge is 0.271 e. The summed E-state index contributed by atoms with van der Waals surface area (Å²) in [5.74, 6) is 1.19. The molecule has 0 atom stereocenters. The highest BCUT2D eigenvalue weighted by molar-refractivity contribution is 6.34. The van der Waals surface area contributed by atoms with E-state index in [9.17, 15) is 19.7 Å². The SMILES string of the molecule is O=C(NNC(=O)C12CC3CC(CC(C3)C1)C2)c1ccc([N+](=O)[O-])cc1Cl. The molecule has 0 heterocycles. The van der Waals surface area contributed by atoms with E-state index in [1.807, 2.05) is 0 Å². The Morgan fingerprint density at radius 1 is 1.08 bits per heavy atom. The van der Waals surface area contributed by atoms with Gasteiger partial charge >= 0.3 is 0 Å². The third-order valence-corrected chi connectivity index (χ3v) is 6.53. The average Bonchev–Trinajstić information content (AvgIpc) is 2.58. The molecular weight excluding hydrogens is 358 g/mol. The van der Waals surface area contributed by atoms with Crippen molar-refractivity contribution in [3.8, 4) is 0 Å². The summed E-state index contributed by atoms with van der Waals surface area (Å²) in [6.07, 6.45) is 6.41. The molecule has 7 nitrogen and oxygen atoms in total. The molecule has 0 radical (unpaired) electrons. The maximum atomic E-state index is 12.8. The minimum atomic E-state index is -0.581. The lowest BCUT2D eigenvalue weighted by Crippen LogP contribution is -2.56. The Bertz CT molecular complexity index is 759. The zero-order valence-corrected chi connectivity index (χ0v) is 14.9. The number of hydrogen-bond acceptors (Lipinski definition) is 4. The first-order valence-corrected chi connectivity index (χ1v) is 9.29. The van der Waals surface area contributed by atoms with Crippen LogP contribution in [0.3, 0.4) is 0 Å². The van der Waals surface area contributed by atoms with Gasteiger partial charge in [-0.1, -0.05) is 11.6 Å². The number of carbonyl (C=O) groups is 2. The summed E-state index contributed by atoms with van der Waals surface area (Å²) < 4.78 is 0. The fourth-order valence-electron chi connectivity index (χ4n) is 5.50. The van der Waals surface area contributed by atoms with E-state index in [-0.39, 0.29) is 27.6 Å². The molecule has 0 spiro atoms. The zero-order valence-electron chi connectivity index (χ0n) is 14.2. The van der Waals surface area contributed by atoms with Crippen LogP contribution in [0.25, 0.3) is 0 Å². The largest absolute Gasteiger partial charge is 0.273 e. The minimum Gasteiger partial charge on any atom is -0.273 e. The molecular formula is C18H20ClN3O4. The zero-order chi connectivity index (χ0) is 18.5. The van der Waals surface area contributed by atoms with Crippen molar-refractivity contribution in [2.45, 2.75) is 38.5 Å². The van der Waals surface area contributed by atoms with E-state index in [2.05, 4.69) is 10.9 Å². The highest BCUT2D eigenvalue weighted by Crippen LogP contribution is 2.60. The van der Waals surface area contributed by atoms with Crippen LogP contribution in [0.2, 0.25) is 5.02 Å². The van der Waals surface area contributed by atoms with E-state index in [1.165, 1.54) is 31.4 Å². The first-order chi connectivity index (χ1) is 12.4. The van der Waals surface area contributed by atoms with Crippen LogP contribution < -0.4 is 10.9 Å². The number of rotatable bonds is 3. The second kappa shape index (κ2) is 6.23. The number of carbonyl (C=O) groups excluding carboxylic acids is 2. The van der Waals surface area contributed by atoms with Crippen molar-refractivity contribution < 1.29 is 14.5 Å². The highest BCUT2D eigenvalue weighted by atomic mass is 35.5. The van der Waals surface area contributed by atoms with Crippen LogP contribution in [0.4, 0.5) is 5.69 Å². The summed E-state index contributed by atoms with van der Waals surface area (Å²) >= 11 is 5.96. The molecule has 4 aliphatic rings. The number of hydrazine groups is 1. The van der Waals surface area contributed by atoms with Crippen LogP contribution in [-0.4, -0.2) is 16.7 Å². The molecule has 8 heteroatoms. The number of nitrogens with one attached hydrogen (secondary N) is 2. The van der Waals surface area contributed by atoms with Crippen LogP contribution in [0, 0.1) is 33.3 Å². The predicted molar refractivity (Wildman–Crippen MR) is 94.3 cm³/mol. The van der Waals surface area contributed by atoms with Gasteiger partial charge in [-0.05, 0) is 62.3 Å². The van der Waals surface area contributed by atoms with Gasteiger partial charge in [-0.3, -0.25) is 30.6 Å². The van der Waals surface area contributed by atoms with Gasteiger partial charge in [-0.25, -0.2) is 0 Å². The summed E-state index contributed by atoms with van der Waals surface area (Å²) in [6.45, 7) is 0. The summed E-state index contributed by atoms with van der Waals surface area (Å²) in [5, 5.41) is 10.7. The van der Waals surface area contributed by atoms with Crippen molar-refractivity contribution in [1.82, 2.24) is 10.9 Å². The van der Waals surface area contributed by atoms with Crippen LogP contribution in [0.15, 0.2) is 18.2 Å². The third kappa shape index (κ3) is 2.94. The number of hydrogen-bond donors (Lipinski definition) is 2. The summed E-state index contributed by atoms with van der Waals surface area (Å²) in [7, 11) is 0. The quantitative estimate of drug-likeness (QED) is 0.623. The van der Waals surface area contributed by atoms with E-state index in [1.54, 1.807) is 0 Å². The molecule has 4 fully saturated rings. The molecule has 4 aliphatic carbocycles. The van der Waals surface area contributed by atoms with Gasteiger partial charge in [0.05, 0.1) is 20.9 Å². The first kappa shape index (κ1) is 17.3. The Balaban J connectivity index is 1.42. The molecule has 0 saturated heterocycles. The lowest BCUT2D eigenvalue weighted by Gasteiger charge is -2.55. The number of amides is 2. The molecule has 2 amide bonds. The van der Waals surface area contributed by atoms with E-state index < -0.39 is 10.8 Å². The van der Waals surface area contributed by atoms with Gasteiger partial charge in [-0.2, -0.15) is 0 Å². The van der Waals surface area contributed by atoms with Crippen molar-refractivity contribution in [3.05, 3.63) is 38.9 Å². The monoisotopic (exact) mass is 377 g/mol. The van der Waals surface area contributed by atoms with Crippen LogP contribution >= 0.6 is 11.6 Å². The van der Waals surface area contributed by atoms with Crippen molar-refractivity contribution in [2.24, 2.45) is 23.2 Å². The molecule has 1 aromatic carbocycles. The molecule has 4 saturated carbocycles. The van der Waals surface area contributed by atoms with Crippen LogP contribution in [-0.2, 0) is 4.79 Å². The number of nitrogens with zero attached hydrogens (tertiary/aromatic N) is 1. The van der Waals surface area contributed by atoms with Gasteiger partial charge in [0, 0.05) is 12.1 Å². The molecule has 2 N–H and O–H groups in total. The van der Waals surface area contributed by atoms with Gasteiger partial charge in [0.15, 0.2) is 0 Å². The summed E-state index contributed by atoms with van der Waals surface area (Å²) in [5.41, 5.74) is 4.53. The van der Waals surface area contributed by atoms with E-state index in [0.29, 0.717) is 17.8 Å². The average molecular weight is 378 g/mol. The van der Waals surface area contributed by atoms with E-state index in [0.717, 1.165) is 25.3 Å². The Labute approximate surface area is 155 Å². The maximum absolute atomic E-state index is 12.8. The second-order valence-electron chi connectivity index (χ2n) is 8.03. The summed E-state index contributed by atoms with van der Waals surface area (Å²) in [4.78, 5) is 35.3. The Morgan fingerprint density at radius 2 is 1.65 bits per heavy atom. The number of nitro groups is 1. The van der Waals surface area contributed by atoms with Crippen molar-refractivity contribution in [2.75, 3.05) is 0 Å². The number of benzene rings is 1. The van der Waals surface area contributed by atoms with Gasteiger partial charge in [0.2, 0.25) is 5.91 Å². The van der Waals surface area contributed by atoms with E-state index in [4.69, 9.17) is 11.6 Å². The molecule has 26 heavy (non-hydrogen) atoms. The van der Waals surface area contributed by atoms with Crippen molar-refractivity contribution in [1.29, 1.82) is 0 Å². The minimum absolute atomic E-state index is 0.0271. The Morgan fingerprint density at radius 3 is 2.15 bits per heavy atom. The van der Waals surface area contributed by atoms with Crippen LogP contribution in [0.1, 0.15) is 48.9 Å². The molecule has 1 aromatic rings. The Kier molecular flexibility index (Phi) is 4.14. The third-order valence-electron chi connectivity index (χ3n) is 6.22. The molecule has 0 aromatic heterocycles. The van der Waals surface area contributed by atoms with Gasteiger partial charge in [-0.15, -0.1) is 0 Å². The molecule has 138 valence electrons.